The molecule has 12 heteroatoms. The third-order valence-electron chi connectivity index (χ3n) is 4.13. The molecule has 1 saturated heterocycles. The van der Waals surface area contributed by atoms with Crippen LogP contribution in [0.2, 0.25) is 0 Å². The van der Waals surface area contributed by atoms with Gasteiger partial charge in [0.05, 0.1) is 20.8 Å². The maximum atomic E-state index is 13.7. The highest BCUT2D eigenvalue weighted by atomic mass is 127. The topological polar surface area (TPSA) is 95.9 Å². The van der Waals surface area contributed by atoms with Gasteiger partial charge in [0.25, 0.3) is 11.1 Å². The summed E-state index contributed by atoms with van der Waals surface area (Å²) in [5, 5.41) is 11.3. The van der Waals surface area contributed by atoms with E-state index in [1.807, 2.05) is 27.9 Å². The first-order chi connectivity index (χ1) is 15.1. The molecule has 7 nitrogen and oxygen atoms in total. The molecular weight excluding hydrogens is 564 g/mol. The fourth-order valence-electron chi connectivity index (χ4n) is 2.69. The van der Waals surface area contributed by atoms with Gasteiger partial charge < -0.3 is 15.2 Å². The SMILES string of the molecule is CCOc1cc(/C=C2/SC(=O)N(CC(=O)Nc3ccc(F)c(F)c3F)C2=O)cc(I)c1O. The molecule has 1 aliphatic heterocycles. The number of anilines is 1. The molecule has 3 rings (SSSR count). The van der Waals surface area contributed by atoms with E-state index >= 15 is 0 Å². The lowest BCUT2D eigenvalue weighted by molar-refractivity contribution is -0.127. The lowest BCUT2D eigenvalue weighted by Gasteiger charge is -2.13. The van der Waals surface area contributed by atoms with Crippen LogP contribution in [0.5, 0.6) is 11.5 Å². The molecule has 0 saturated carbocycles. The number of nitrogens with one attached hydrogen (secondary N) is 1. The zero-order valence-electron chi connectivity index (χ0n) is 16.2. The molecule has 0 aromatic heterocycles. The Morgan fingerprint density at radius 2 is 1.97 bits per heavy atom. The summed E-state index contributed by atoms with van der Waals surface area (Å²) >= 11 is 2.48. The number of carbonyl (C=O) groups excluding carboxylic acids is 3. The van der Waals surface area contributed by atoms with Gasteiger partial charge in [0, 0.05) is 0 Å². The minimum absolute atomic E-state index is 0.0192. The van der Waals surface area contributed by atoms with Gasteiger partial charge in [0.15, 0.2) is 29.0 Å². The van der Waals surface area contributed by atoms with Gasteiger partial charge in [-0.05, 0) is 77.2 Å². The van der Waals surface area contributed by atoms with Gasteiger partial charge in [-0.2, -0.15) is 0 Å². The molecule has 2 N–H and O–H groups in total. The number of ether oxygens (including phenoxy) is 1. The number of carbonyl (C=O) groups is 3. The molecular formula is C20H14F3IN2O5S. The molecule has 0 unspecified atom stereocenters. The second kappa shape index (κ2) is 9.81. The third kappa shape index (κ3) is 5.01. The minimum atomic E-state index is -1.76. The smallest absolute Gasteiger partial charge is 0.294 e. The van der Waals surface area contributed by atoms with Crippen LogP contribution in [0, 0.1) is 21.0 Å². The molecule has 0 radical (unpaired) electrons. The summed E-state index contributed by atoms with van der Waals surface area (Å²) in [6, 6.07) is 4.52. The number of aromatic hydroxyl groups is 1. The highest BCUT2D eigenvalue weighted by Gasteiger charge is 2.36. The summed E-state index contributed by atoms with van der Waals surface area (Å²) in [6.07, 6.45) is 1.40. The third-order valence-corrected chi connectivity index (χ3v) is 5.86. The zero-order chi connectivity index (χ0) is 23.6. The van der Waals surface area contributed by atoms with E-state index in [1.165, 1.54) is 12.1 Å². The highest BCUT2D eigenvalue weighted by molar-refractivity contribution is 14.1. The van der Waals surface area contributed by atoms with E-state index in [1.54, 1.807) is 13.0 Å². The predicted molar refractivity (Wildman–Crippen MR) is 120 cm³/mol. The zero-order valence-corrected chi connectivity index (χ0v) is 19.2. The van der Waals surface area contributed by atoms with Gasteiger partial charge in [0.1, 0.15) is 6.54 Å². The number of hydrogen-bond donors (Lipinski definition) is 2. The number of rotatable bonds is 6. The number of phenols is 1. The summed E-state index contributed by atoms with van der Waals surface area (Å²) in [5.74, 6) is -6.37. The monoisotopic (exact) mass is 578 g/mol. The van der Waals surface area contributed by atoms with E-state index in [9.17, 15) is 32.7 Å². The number of amides is 3. The molecule has 32 heavy (non-hydrogen) atoms. The van der Waals surface area contributed by atoms with Crippen molar-refractivity contribution >= 4 is 63.2 Å². The molecule has 1 fully saturated rings. The maximum absolute atomic E-state index is 13.7. The Kier molecular flexibility index (Phi) is 7.33. The summed E-state index contributed by atoms with van der Waals surface area (Å²) in [6.45, 7) is 1.29. The largest absolute Gasteiger partial charge is 0.504 e. The van der Waals surface area contributed by atoms with Crippen LogP contribution in [0.1, 0.15) is 12.5 Å². The highest BCUT2D eigenvalue weighted by Crippen LogP contribution is 2.36. The Balaban J connectivity index is 1.76. The van der Waals surface area contributed by atoms with Crippen LogP contribution in [0.3, 0.4) is 0 Å². The molecule has 168 valence electrons. The van der Waals surface area contributed by atoms with Gasteiger partial charge in [-0.15, -0.1) is 0 Å². The van der Waals surface area contributed by atoms with Gasteiger partial charge in [-0.1, -0.05) is 0 Å². The predicted octanol–water partition coefficient (Wildman–Crippen LogP) is 4.49. The summed E-state index contributed by atoms with van der Waals surface area (Å²) in [7, 11) is 0. The number of hydrogen-bond acceptors (Lipinski definition) is 6. The van der Waals surface area contributed by atoms with Crippen LogP contribution >= 0.6 is 34.4 Å². The van der Waals surface area contributed by atoms with Gasteiger partial charge in [-0.25, -0.2) is 13.2 Å². The lowest BCUT2D eigenvalue weighted by Crippen LogP contribution is -2.36. The Morgan fingerprint density at radius 3 is 2.66 bits per heavy atom. The number of thioether (sulfide) groups is 1. The Bertz CT molecular complexity index is 1160. The van der Waals surface area contributed by atoms with Crippen LogP contribution < -0.4 is 10.1 Å². The van der Waals surface area contributed by atoms with E-state index in [4.69, 9.17) is 4.74 Å². The van der Waals surface area contributed by atoms with Crippen molar-refractivity contribution < 1.29 is 37.4 Å². The summed E-state index contributed by atoms with van der Waals surface area (Å²) < 4.78 is 45.8. The number of phenolic OH excluding ortho intramolecular Hbond substituents is 1. The Morgan fingerprint density at radius 1 is 1.25 bits per heavy atom. The van der Waals surface area contributed by atoms with Crippen LogP contribution in [0.25, 0.3) is 6.08 Å². The fraction of sp³-hybridized carbons (Fsp3) is 0.150. The van der Waals surface area contributed by atoms with E-state index in [0.717, 1.165) is 6.07 Å². The number of halogens is 4. The molecule has 0 atom stereocenters. The first-order valence-corrected chi connectivity index (χ1v) is 10.9. The molecule has 3 amide bonds. The lowest BCUT2D eigenvalue weighted by atomic mass is 10.2. The van der Waals surface area contributed by atoms with Crippen LogP contribution in [-0.2, 0) is 9.59 Å². The average Bonchev–Trinajstić information content (AvgIpc) is 2.99. The first-order valence-electron chi connectivity index (χ1n) is 8.96. The Hall–Kier alpha value is -2.74. The molecule has 2 aromatic rings. The molecule has 0 spiro atoms. The normalized spacial score (nSPS) is 14.9. The van der Waals surface area contributed by atoms with E-state index in [0.29, 0.717) is 38.5 Å². The van der Waals surface area contributed by atoms with Crippen molar-refractivity contribution in [3.05, 3.63) is 55.8 Å². The number of imide groups is 1. The second-order valence-corrected chi connectivity index (χ2v) is 8.48. The van der Waals surface area contributed by atoms with Crippen molar-refractivity contribution in [3.8, 4) is 11.5 Å². The first kappa shape index (κ1) is 23.9. The van der Waals surface area contributed by atoms with Gasteiger partial charge >= 0.3 is 0 Å². The number of nitrogens with zero attached hydrogens (tertiary/aromatic N) is 1. The van der Waals surface area contributed by atoms with Crippen molar-refractivity contribution in [2.45, 2.75) is 6.92 Å². The summed E-state index contributed by atoms with van der Waals surface area (Å²) in [4.78, 5) is 37.6. The van der Waals surface area contributed by atoms with Crippen molar-refractivity contribution in [1.82, 2.24) is 4.90 Å². The quantitative estimate of drug-likeness (QED) is 0.298. The van der Waals surface area contributed by atoms with E-state index < -0.39 is 46.7 Å². The van der Waals surface area contributed by atoms with Crippen LogP contribution in [-0.4, -0.2) is 40.2 Å². The van der Waals surface area contributed by atoms with Crippen molar-refractivity contribution in [2.24, 2.45) is 0 Å². The fourth-order valence-corrected chi connectivity index (χ4v) is 4.15. The standard InChI is InChI=1S/C20H14F3IN2O5S/c1-2-31-13-6-9(5-11(24)18(13)28)7-14-19(29)26(20(30)32-14)8-15(27)25-12-4-3-10(21)16(22)17(12)23/h3-7,28H,2,8H2,1H3,(H,25,27)/b14-7+. The number of benzene rings is 2. The van der Waals surface area contributed by atoms with Gasteiger partial charge in [0.2, 0.25) is 5.91 Å². The van der Waals surface area contributed by atoms with Crippen molar-refractivity contribution in [2.75, 3.05) is 18.5 Å². The second-order valence-electron chi connectivity index (χ2n) is 6.32. The van der Waals surface area contributed by atoms with Crippen molar-refractivity contribution in [1.29, 1.82) is 0 Å². The van der Waals surface area contributed by atoms with Gasteiger partial charge in [-0.3, -0.25) is 19.3 Å². The molecule has 1 heterocycles. The summed E-state index contributed by atoms with van der Waals surface area (Å²) in [5.41, 5.74) is -0.145. The molecule has 1 aliphatic rings. The van der Waals surface area contributed by atoms with E-state index in [-0.39, 0.29) is 16.4 Å². The molecule has 2 aromatic carbocycles. The van der Waals surface area contributed by atoms with Crippen molar-refractivity contribution in [3.63, 3.8) is 0 Å². The average molecular weight is 578 g/mol. The maximum Gasteiger partial charge on any atom is 0.294 e. The molecule has 0 aliphatic carbocycles. The van der Waals surface area contributed by atoms with E-state index in [2.05, 4.69) is 0 Å². The minimum Gasteiger partial charge on any atom is -0.504 e. The van der Waals surface area contributed by atoms with Crippen LogP contribution in [0.15, 0.2) is 29.2 Å². The Labute approximate surface area is 197 Å². The van der Waals surface area contributed by atoms with Crippen LogP contribution in [0.4, 0.5) is 23.7 Å². The molecule has 0 bridgehead atoms.